The van der Waals surface area contributed by atoms with Gasteiger partial charge in [0.25, 0.3) is 0 Å². The molecular formula is C10H28MoO5. The van der Waals surface area contributed by atoms with E-state index in [4.69, 9.17) is 23.8 Å². The molecule has 0 bridgehead atoms. The van der Waals surface area contributed by atoms with E-state index in [2.05, 4.69) is 0 Å². The van der Waals surface area contributed by atoms with Gasteiger partial charge < -0.3 is 20.4 Å². The van der Waals surface area contributed by atoms with Crippen molar-refractivity contribution in [1.82, 2.24) is 0 Å². The van der Waals surface area contributed by atoms with Crippen molar-refractivity contribution in [2.45, 2.75) is 53.8 Å². The molecule has 104 valence electrons. The molecule has 0 aliphatic carbocycles. The van der Waals surface area contributed by atoms with Gasteiger partial charge in [-0.1, -0.05) is 0 Å². The van der Waals surface area contributed by atoms with Crippen LogP contribution in [-0.2, 0) is 23.2 Å². The molecule has 16 heavy (non-hydrogen) atoms. The van der Waals surface area contributed by atoms with Crippen LogP contribution in [0.5, 0.6) is 0 Å². The molecule has 0 amide bonds. The van der Waals surface area contributed by atoms with Crippen LogP contribution in [0.15, 0.2) is 0 Å². The predicted molar refractivity (Wildman–Crippen MR) is 60.9 cm³/mol. The standard InChI is InChI=1S/2C3H8O.2C2H6O.Mo.O/c2*1-3(2)4;2*1-2-3;;/h2*3-4H,1-2H3;2*3H,2H2,1H3;;. The third kappa shape index (κ3) is 23600. The Labute approximate surface area is 111 Å². The van der Waals surface area contributed by atoms with Crippen LogP contribution in [0.1, 0.15) is 41.5 Å². The Bertz CT molecular complexity index is 58.7. The first-order chi connectivity index (χ1) is 7.29. The van der Waals surface area contributed by atoms with Crippen molar-refractivity contribution in [3.05, 3.63) is 0 Å². The molecule has 0 unspecified atom stereocenters. The topological polar surface area (TPSA) is 98.0 Å². The quantitative estimate of drug-likeness (QED) is 0.491. The SMILES string of the molecule is CC(C)O.CC(C)O.CCO.CCO.[O]=[Mo]. The van der Waals surface area contributed by atoms with Gasteiger partial charge in [-0.25, -0.2) is 0 Å². The van der Waals surface area contributed by atoms with Crippen molar-refractivity contribution in [1.29, 1.82) is 0 Å². The molecule has 5 nitrogen and oxygen atoms in total. The van der Waals surface area contributed by atoms with Crippen LogP contribution in [0.25, 0.3) is 0 Å². The molecule has 4 N–H and O–H groups in total. The summed E-state index contributed by atoms with van der Waals surface area (Å²) in [5.74, 6) is 0. The minimum absolute atomic E-state index is 0.167. The predicted octanol–water partition coefficient (Wildman–Crippen LogP) is 0.650. The summed E-state index contributed by atoms with van der Waals surface area (Å²) >= 11 is 0.700. The van der Waals surface area contributed by atoms with Crippen LogP contribution in [0.4, 0.5) is 0 Å². The fourth-order valence-electron chi connectivity index (χ4n) is 0. The molecule has 0 heterocycles. The number of aliphatic hydroxyl groups excluding tert-OH is 4. The Morgan fingerprint density at radius 2 is 0.812 bits per heavy atom. The number of hydrogen-bond acceptors (Lipinski definition) is 5. The summed E-state index contributed by atoms with van der Waals surface area (Å²) in [6, 6.07) is 0. The summed E-state index contributed by atoms with van der Waals surface area (Å²) in [5.41, 5.74) is 0. The molecule has 0 aromatic heterocycles. The number of hydrogen-bond donors (Lipinski definition) is 4. The average Bonchev–Trinajstić information content (AvgIpc) is 2.07. The molecule has 0 saturated carbocycles. The van der Waals surface area contributed by atoms with Crippen molar-refractivity contribution in [2.24, 2.45) is 0 Å². The number of rotatable bonds is 0. The van der Waals surface area contributed by atoms with Gasteiger partial charge >= 0.3 is 23.2 Å². The van der Waals surface area contributed by atoms with E-state index in [0.717, 1.165) is 0 Å². The van der Waals surface area contributed by atoms with E-state index in [-0.39, 0.29) is 25.4 Å². The van der Waals surface area contributed by atoms with Gasteiger partial charge in [0.1, 0.15) is 0 Å². The van der Waals surface area contributed by atoms with E-state index in [1.165, 1.54) is 0 Å². The summed E-state index contributed by atoms with van der Waals surface area (Å²) < 4.78 is 8.26. The molecule has 0 rings (SSSR count). The molecule has 0 atom stereocenters. The van der Waals surface area contributed by atoms with E-state index in [1.807, 2.05) is 0 Å². The van der Waals surface area contributed by atoms with E-state index < -0.39 is 0 Å². The first-order valence-electron chi connectivity index (χ1n) is 5.04. The van der Waals surface area contributed by atoms with Crippen molar-refractivity contribution in [3.63, 3.8) is 0 Å². The van der Waals surface area contributed by atoms with Gasteiger partial charge in [-0.05, 0) is 41.5 Å². The van der Waals surface area contributed by atoms with Crippen LogP contribution in [0.2, 0.25) is 0 Å². The second kappa shape index (κ2) is 45.4. The minimum atomic E-state index is -0.167. The first kappa shape index (κ1) is 29.9. The Morgan fingerprint density at radius 3 is 0.812 bits per heavy atom. The first-order valence-corrected chi connectivity index (χ1v) is 5.86. The van der Waals surface area contributed by atoms with Gasteiger partial charge in [0.05, 0.1) is 0 Å². The van der Waals surface area contributed by atoms with Crippen LogP contribution in [0.3, 0.4) is 0 Å². The summed E-state index contributed by atoms with van der Waals surface area (Å²) in [6.07, 6.45) is -0.333. The van der Waals surface area contributed by atoms with Crippen molar-refractivity contribution >= 4 is 0 Å². The van der Waals surface area contributed by atoms with E-state index >= 15 is 0 Å². The normalized spacial score (nSPS) is 7.00. The maximum absolute atomic E-state index is 8.26. The van der Waals surface area contributed by atoms with E-state index in [1.54, 1.807) is 41.5 Å². The van der Waals surface area contributed by atoms with Crippen LogP contribution >= 0.6 is 0 Å². The van der Waals surface area contributed by atoms with Crippen LogP contribution in [-0.4, -0.2) is 45.8 Å². The zero-order valence-corrected chi connectivity index (χ0v) is 13.2. The van der Waals surface area contributed by atoms with Crippen molar-refractivity contribution in [2.75, 3.05) is 13.2 Å². The average molecular weight is 324 g/mol. The fourth-order valence-corrected chi connectivity index (χ4v) is 0. The molecule has 0 saturated heterocycles. The third-order valence-corrected chi connectivity index (χ3v) is 0. The van der Waals surface area contributed by atoms with Crippen molar-refractivity contribution in [3.8, 4) is 0 Å². The van der Waals surface area contributed by atoms with Crippen LogP contribution in [0, 0.1) is 0 Å². The third-order valence-electron chi connectivity index (χ3n) is 0. The summed E-state index contributed by atoms with van der Waals surface area (Å²) in [5, 5.41) is 31.2. The number of aliphatic hydroxyl groups is 4. The fraction of sp³-hybridized carbons (Fsp3) is 1.00. The van der Waals surface area contributed by atoms with Gasteiger partial charge in [0.2, 0.25) is 0 Å². The Hall–Kier alpha value is 0.328. The molecule has 0 spiro atoms. The van der Waals surface area contributed by atoms with Gasteiger partial charge in [0.15, 0.2) is 0 Å². The molecule has 0 aliphatic heterocycles. The Balaban J connectivity index is -0.0000000322. The zero-order valence-electron chi connectivity index (χ0n) is 11.2. The molecule has 6 heteroatoms. The molecule has 0 aliphatic rings. The molecule has 0 fully saturated rings. The van der Waals surface area contributed by atoms with Gasteiger partial charge in [-0.3, -0.25) is 0 Å². The monoisotopic (exact) mass is 326 g/mol. The molecule has 0 aromatic rings. The van der Waals surface area contributed by atoms with Gasteiger partial charge in [-0.15, -0.1) is 0 Å². The molecule has 0 aromatic carbocycles. The summed E-state index contributed by atoms with van der Waals surface area (Å²) in [6.45, 7) is 10.8. The summed E-state index contributed by atoms with van der Waals surface area (Å²) in [7, 11) is 0. The van der Waals surface area contributed by atoms with Crippen molar-refractivity contribution < 1.29 is 43.6 Å². The zero-order chi connectivity index (χ0) is 14.6. The molecule has 0 radical (unpaired) electrons. The Kier molecular flexibility index (Phi) is 84.8. The summed E-state index contributed by atoms with van der Waals surface area (Å²) in [4.78, 5) is 0. The second-order valence-electron chi connectivity index (χ2n) is 2.82. The van der Waals surface area contributed by atoms with Gasteiger partial charge in [0, 0.05) is 25.4 Å². The maximum atomic E-state index is 8.26. The van der Waals surface area contributed by atoms with Crippen LogP contribution < -0.4 is 0 Å². The molecular weight excluding hydrogens is 296 g/mol. The van der Waals surface area contributed by atoms with E-state index in [9.17, 15) is 0 Å². The van der Waals surface area contributed by atoms with Gasteiger partial charge in [-0.2, -0.15) is 0 Å². The van der Waals surface area contributed by atoms with E-state index in [0.29, 0.717) is 19.8 Å². The second-order valence-corrected chi connectivity index (χ2v) is 2.82. The Morgan fingerprint density at radius 1 is 0.812 bits per heavy atom.